The van der Waals surface area contributed by atoms with E-state index >= 15 is 0 Å². The minimum atomic E-state index is 0.642. The van der Waals surface area contributed by atoms with Crippen molar-refractivity contribution >= 4 is 43.4 Å². The molecule has 10 rings (SSSR count). The minimum absolute atomic E-state index is 0.642. The van der Waals surface area contributed by atoms with E-state index in [1.54, 1.807) is 0 Å². The van der Waals surface area contributed by atoms with Crippen LogP contribution in [0.5, 0.6) is 0 Å². The standard InChI is InChI=1S/C49H30N4/c50-31-32-24-26-45-41(28-32)42-29-35(25-27-46(42)53(45)36-18-8-3-9-19-36)47-37-20-10-12-22-39(37)48(40-23-13-11-21-38(40)47)49-51-43(33-14-4-1-5-15-33)30-44(52-49)34-16-6-2-7-17-34/h1-30H. The van der Waals surface area contributed by atoms with E-state index in [9.17, 15) is 5.26 Å². The fourth-order valence-electron chi connectivity index (χ4n) is 7.86. The van der Waals surface area contributed by atoms with Gasteiger partial charge in [-0.05, 0) is 81.2 Å². The molecule has 246 valence electrons. The summed E-state index contributed by atoms with van der Waals surface area (Å²) < 4.78 is 2.29. The molecule has 0 amide bonds. The van der Waals surface area contributed by atoms with Crippen molar-refractivity contribution in [3.05, 3.63) is 188 Å². The number of fused-ring (bicyclic) bond motifs is 5. The first-order valence-corrected chi connectivity index (χ1v) is 17.7. The molecule has 8 aromatic carbocycles. The molecule has 2 heterocycles. The highest BCUT2D eigenvalue weighted by atomic mass is 15.0. The Morgan fingerprint density at radius 1 is 0.396 bits per heavy atom. The van der Waals surface area contributed by atoms with Crippen LogP contribution in [0.25, 0.3) is 94.1 Å². The highest BCUT2D eigenvalue weighted by Gasteiger charge is 2.21. The van der Waals surface area contributed by atoms with Crippen molar-refractivity contribution in [3.63, 3.8) is 0 Å². The van der Waals surface area contributed by atoms with Crippen LogP contribution in [0.3, 0.4) is 0 Å². The van der Waals surface area contributed by atoms with Crippen LogP contribution < -0.4 is 0 Å². The second-order valence-corrected chi connectivity index (χ2v) is 13.3. The third-order valence-electron chi connectivity index (χ3n) is 10.2. The number of benzene rings is 8. The third kappa shape index (κ3) is 5.06. The summed E-state index contributed by atoms with van der Waals surface area (Å²) in [6, 6.07) is 65.5. The molecule has 0 bridgehead atoms. The number of para-hydroxylation sites is 1. The lowest BCUT2D eigenvalue weighted by Gasteiger charge is -2.18. The van der Waals surface area contributed by atoms with Crippen molar-refractivity contribution < 1.29 is 0 Å². The van der Waals surface area contributed by atoms with E-state index in [1.165, 1.54) is 0 Å². The molecule has 0 fully saturated rings. The van der Waals surface area contributed by atoms with Gasteiger partial charge in [0.05, 0.1) is 34.1 Å². The first kappa shape index (κ1) is 30.5. The van der Waals surface area contributed by atoms with Crippen molar-refractivity contribution in [2.75, 3.05) is 0 Å². The second kappa shape index (κ2) is 12.5. The maximum Gasteiger partial charge on any atom is 0.161 e. The van der Waals surface area contributed by atoms with Gasteiger partial charge < -0.3 is 4.57 Å². The molecule has 53 heavy (non-hydrogen) atoms. The number of nitrogens with zero attached hydrogens (tertiary/aromatic N) is 4. The Hall–Kier alpha value is -7.35. The van der Waals surface area contributed by atoms with Gasteiger partial charge in [0, 0.05) is 33.2 Å². The fraction of sp³-hybridized carbons (Fsp3) is 0. The van der Waals surface area contributed by atoms with Crippen LogP contribution in [0.15, 0.2) is 182 Å². The van der Waals surface area contributed by atoms with Gasteiger partial charge in [-0.1, -0.05) is 133 Å². The molecule has 0 atom stereocenters. The Labute approximate surface area is 306 Å². The van der Waals surface area contributed by atoms with Gasteiger partial charge in [-0.3, -0.25) is 0 Å². The zero-order valence-corrected chi connectivity index (χ0v) is 28.6. The summed E-state index contributed by atoms with van der Waals surface area (Å²) in [4.78, 5) is 10.6. The molecule has 0 radical (unpaired) electrons. The molecule has 0 spiro atoms. The van der Waals surface area contributed by atoms with Crippen LogP contribution >= 0.6 is 0 Å². The van der Waals surface area contributed by atoms with Crippen molar-refractivity contribution in [1.29, 1.82) is 5.26 Å². The van der Waals surface area contributed by atoms with Gasteiger partial charge in [-0.15, -0.1) is 0 Å². The molecule has 0 unspecified atom stereocenters. The predicted molar refractivity (Wildman–Crippen MR) is 218 cm³/mol. The molecule has 10 aromatic rings. The molecule has 0 aliphatic heterocycles. The molecule has 0 aliphatic rings. The van der Waals surface area contributed by atoms with Gasteiger partial charge in [-0.25, -0.2) is 9.97 Å². The summed E-state index contributed by atoms with van der Waals surface area (Å²) in [7, 11) is 0. The molecular formula is C49H30N4. The van der Waals surface area contributed by atoms with Crippen molar-refractivity contribution in [2.24, 2.45) is 0 Å². The van der Waals surface area contributed by atoms with Crippen LogP contribution in [-0.2, 0) is 0 Å². The van der Waals surface area contributed by atoms with E-state index in [4.69, 9.17) is 9.97 Å². The fourth-order valence-corrected chi connectivity index (χ4v) is 7.86. The van der Waals surface area contributed by atoms with Crippen molar-refractivity contribution in [3.8, 4) is 56.8 Å². The zero-order valence-electron chi connectivity index (χ0n) is 28.6. The molecular weight excluding hydrogens is 645 g/mol. The van der Waals surface area contributed by atoms with Crippen LogP contribution in [-0.4, -0.2) is 14.5 Å². The van der Waals surface area contributed by atoms with E-state index in [-0.39, 0.29) is 0 Å². The summed E-state index contributed by atoms with van der Waals surface area (Å²) in [5, 5.41) is 16.5. The van der Waals surface area contributed by atoms with Gasteiger partial charge in [-0.2, -0.15) is 5.26 Å². The van der Waals surface area contributed by atoms with E-state index in [0.29, 0.717) is 11.4 Å². The van der Waals surface area contributed by atoms with Gasteiger partial charge in [0.15, 0.2) is 5.82 Å². The second-order valence-electron chi connectivity index (χ2n) is 13.3. The number of nitriles is 1. The average molecular weight is 675 g/mol. The van der Waals surface area contributed by atoms with Gasteiger partial charge in [0.1, 0.15) is 0 Å². The lowest BCUT2D eigenvalue weighted by atomic mass is 9.87. The Morgan fingerprint density at radius 3 is 1.42 bits per heavy atom. The maximum absolute atomic E-state index is 9.88. The molecule has 4 nitrogen and oxygen atoms in total. The summed E-state index contributed by atoms with van der Waals surface area (Å²) >= 11 is 0. The molecule has 2 aromatic heterocycles. The third-order valence-corrected chi connectivity index (χ3v) is 10.2. The monoisotopic (exact) mass is 674 g/mol. The van der Waals surface area contributed by atoms with Gasteiger partial charge >= 0.3 is 0 Å². The Balaban J connectivity index is 1.27. The topological polar surface area (TPSA) is 54.5 Å². The van der Waals surface area contributed by atoms with Gasteiger partial charge in [0.25, 0.3) is 0 Å². The summed E-state index contributed by atoms with van der Waals surface area (Å²) in [5.74, 6) is 0.689. The first-order valence-electron chi connectivity index (χ1n) is 17.7. The maximum atomic E-state index is 9.88. The quantitative estimate of drug-likeness (QED) is 0.171. The molecule has 0 N–H and O–H groups in total. The van der Waals surface area contributed by atoms with E-state index in [1.807, 2.05) is 54.6 Å². The highest BCUT2D eigenvalue weighted by Crippen LogP contribution is 2.45. The Bertz CT molecular complexity index is 2930. The summed E-state index contributed by atoms with van der Waals surface area (Å²) in [6.45, 7) is 0. The first-order chi connectivity index (χ1) is 26.2. The van der Waals surface area contributed by atoms with Gasteiger partial charge in [0.2, 0.25) is 0 Å². The van der Waals surface area contributed by atoms with Crippen molar-refractivity contribution in [2.45, 2.75) is 0 Å². The molecule has 0 saturated heterocycles. The minimum Gasteiger partial charge on any atom is -0.309 e. The predicted octanol–water partition coefficient (Wildman–Crippen LogP) is 12.4. The smallest absolute Gasteiger partial charge is 0.161 e. The normalized spacial score (nSPS) is 11.4. The van der Waals surface area contributed by atoms with Crippen LogP contribution in [0.4, 0.5) is 0 Å². The number of hydrogen-bond donors (Lipinski definition) is 0. The highest BCUT2D eigenvalue weighted by molar-refractivity contribution is 6.22. The van der Waals surface area contributed by atoms with Crippen LogP contribution in [0, 0.1) is 11.3 Å². The lowest BCUT2D eigenvalue weighted by Crippen LogP contribution is -1.98. The zero-order chi connectivity index (χ0) is 35.3. The summed E-state index contributed by atoms with van der Waals surface area (Å²) in [5.41, 5.74) is 11.0. The summed E-state index contributed by atoms with van der Waals surface area (Å²) in [6.07, 6.45) is 0. The lowest BCUT2D eigenvalue weighted by molar-refractivity contribution is 1.18. The Morgan fingerprint density at radius 2 is 0.868 bits per heavy atom. The number of hydrogen-bond acceptors (Lipinski definition) is 3. The Kier molecular flexibility index (Phi) is 7.16. The molecule has 0 saturated carbocycles. The van der Waals surface area contributed by atoms with Crippen LogP contribution in [0.2, 0.25) is 0 Å². The van der Waals surface area contributed by atoms with Crippen LogP contribution in [0.1, 0.15) is 5.56 Å². The average Bonchev–Trinajstić information content (AvgIpc) is 3.56. The van der Waals surface area contributed by atoms with E-state index in [2.05, 4.69) is 138 Å². The largest absolute Gasteiger partial charge is 0.309 e. The van der Waals surface area contributed by atoms with E-state index in [0.717, 1.165) is 88.2 Å². The number of rotatable bonds is 5. The van der Waals surface area contributed by atoms with Crippen molar-refractivity contribution in [1.82, 2.24) is 14.5 Å². The number of aromatic nitrogens is 3. The van der Waals surface area contributed by atoms with E-state index < -0.39 is 0 Å². The molecule has 4 heteroatoms. The SMILES string of the molecule is N#Cc1ccc2c(c1)c1cc(-c3c4ccccc4c(-c4nc(-c5ccccc5)cc(-c5ccccc5)n4)c4ccccc34)ccc1n2-c1ccccc1. The molecule has 0 aliphatic carbocycles.